The van der Waals surface area contributed by atoms with E-state index in [4.69, 9.17) is 9.47 Å². The Labute approximate surface area is 158 Å². The van der Waals surface area contributed by atoms with E-state index in [0.29, 0.717) is 24.7 Å². The largest absolute Gasteiger partial charge is 0.477 e. The molecule has 3 aromatic rings. The standard InChI is InChI=1S/C22H22N2O3/c1-17(14-26-15-21(25)18-9-3-2-4-10-18)8-7-13-27-22-19-11-5-6-12-20(19)23-16-24-22/h2-6,8-12,16H,7,13-15H2,1H3/b17-8+. The van der Waals surface area contributed by atoms with Gasteiger partial charge in [0.15, 0.2) is 5.78 Å². The molecule has 0 unspecified atom stereocenters. The SMILES string of the molecule is C/C(=C\CCOc1ncnc2ccccc12)COCC(=O)c1ccccc1. The molecule has 1 heterocycles. The van der Waals surface area contributed by atoms with Crippen molar-refractivity contribution in [3.63, 3.8) is 0 Å². The van der Waals surface area contributed by atoms with Crippen molar-refractivity contribution in [1.82, 2.24) is 9.97 Å². The van der Waals surface area contributed by atoms with Crippen molar-refractivity contribution in [1.29, 1.82) is 0 Å². The Hall–Kier alpha value is -3.05. The lowest BCUT2D eigenvalue weighted by molar-refractivity contribution is 0.0797. The van der Waals surface area contributed by atoms with Crippen molar-refractivity contribution in [2.24, 2.45) is 0 Å². The summed E-state index contributed by atoms with van der Waals surface area (Å²) in [4.78, 5) is 20.4. The van der Waals surface area contributed by atoms with Crippen LogP contribution in [-0.2, 0) is 4.74 Å². The number of carbonyl (C=O) groups is 1. The number of benzene rings is 2. The highest BCUT2D eigenvalue weighted by molar-refractivity contribution is 5.97. The lowest BCUT2D eigenvalue weighted by Gasteiger charge is -2.07. The van der Waals surface area contributed by atoms with Crippen molar-refractivity contribution in [2.45, 2.75) is 13.3 Å². The average molecular weight is 362 g/mol. The summed E-state index contributed by atoms with van der Waals surface area (Å²) in [6, 6.07) is 16.9. The Kier molecular flexibility index (Phi) is 6.66. The van der Waals surface area contributed by atoms with E-state index in [0.717, 1.165) is 22.9 Å². The first-order chi connectivity index (χ1) is 13.2. The van der Waals surface area contributed by atoms with Gasteiger partial charge in [-0.25, -0.2) is 9.97 Å². The molecule has 0 atom stereocenters. The number of aromatic nitrogens is 2. The highest BCUT2D eigenvalue weighted by Gasteiger charge is 2.05. The van der Waals surface area contributed by atoms with Crippen molar-refractivity contribution in [3.8, 4) is 5.88 Å². The molecule has 2 aromatic carbocycles. The third kappa shape index (κ3) is 5.46. The minimum atomic E-state index is -0.0117. The molecule has 0 aliphatic carbocycles. The summed E-state index contributed by atoms with van der Waals surface area (Å²) in [5.41, 5.74) is 2.60. The molecule has 0 bridgehead atoms. The van der Waals surface area contributed by atoms with Crippen LogP contribution in [0, 0.1) is 0 Å². The van der Waals surface area contributed by atoms with Gasteiger partial charge in [0, 0.05) is 5.56 Å². The third-order valence-electron chi connectivity index (χ3n) is 4.01. The number of rotatable bonds is 9. The van der Waals surface area contributed by atoms with Crippen LogP contribution >= 0.6 is 0 Å². The van der Waals surface area contributed by atoms with E-state index in [1.807, 2.05) is 49.4 Å². The third-order valence-corrected chi connectivity index (χ3v) is 4.01. The second-order valence-corrected chi connectivity index (χ2v) is 6.17. The first-order valence-electron chi connectivity index (χ1n) is 8.88. The summed E-state index contributed by atoms with van der Waals surface area (Å²) < 4.78 is 11.3. The predicted octanol–water partition coefficient (Wildman–Crippen LogP) is 4.24. The first-order valence-corrected chi connectivity index (χ1v) is 8.88. The molecule has 3 rings (SSSR count). The van der Waals surface area contributed by atoms with Crippen LogP contribution in [0.5, 0.6) is 5.88 Å². The molecule has 0 spiro atoms. The van der Waals surface area contributed by atoms with E-state index in [1.54, 1.807) is 12.1 Å². The second kappa shape index (κ2) is 9.59. The van der Waals surface area contributed by atoms with Crippen LogP contribution in [0.15, 0.2) is 72.6 Å². The van der Waals surface area contributed by atoms with Crippen LogP contribution in [0.1, 0.15) is 23.7 Å². The molecule has 0 fully saturated rings. The Balaban J connectivity index is 1.41. The molecule has 1 aromatic heterocycles. The molecule has 0 saturated carbocycles. The zero-order valence-corrected chi connectivity index (χ0v) is 15.3. The van der Waals surface area contributed by atoms with Crippen LogP contribution in [0.2, 0.25) is 0 Å². The molecule has 0 aliphatic rings. The van der Waals surface area contributed by atoms with Gasteiger partial charge in [-0.3, -0.25) is 4.79 Å². The van der Waals surface area contributed by atoms with Gasteiger partial charge in [-0.05, 0) is 25.5 Å². The maximum absolute atomic E-state index is 12.0. The maximum atomic E-state index is 12.0. The molecule has 0 N–H and O–H groups in total. The minimum Gasteiger partial charge on any atom is -0.477 e. The fourth-order valence-electron chi connectivity index (χ4n) is 2.63. The summed E-state index contributed by atoms with van der Waals surface area (Å²) in [6.45, 7) is 3.00. The molecular weight excluding hydrogens is 340 g/mol. The highest BCUT2D eigenvalue weighted by atomic mass is 16.5. The fraction of sp³-hybridized carbons (Fsp3) is 0.227. The van der Waals surface area contributed by atoms with Gasteiger partial charge in [0.05, 0.1) is 24.1 Å². The number of hydrogen-bond donors (Lipinski definition) is 0. The Morgan fingerprint density at radius 3 is 2.63 bits per heavy atom. The predicted molar refractivity (Wildman–Crippen MR) is 105 cm³/mol. The maximum Gasteiger partial charge on any atom is 0.224 e. The van der Waals surface area contributed by atoms with Gasteiger partial charge in [-0.15, -0.1) is 0 Å². The number of Topliss-reactive ketones (excluding diaryl/α,β-unsaturated/α-hetero) is 1. The van der Waals surface area contributed by atoms with Gasteiger partial charge in [0.2, 0.25) is 5.88 Å². The number of ketones is 1. The summed E-state index contributed by atoms with van der Waals surface area (Å²) in [5.74, 6) is 0.582. The van der Waals surface area contributed by atoms with Gasteiger partial charge in [0.25, 0.3) is 0 Å². The Morgan fingerprint density at radius 2 is 1.78 bits per heavy atom. The zero-order valence-electron chi connectivity index (χ0n) is 15.3. The number of para-hydroxylation sites is 1. The van der Waals surface area contributed by atoms with E-state index >= 15 is 0 Å². The number of hydrogen-bond acceptors (Lipinski definition) is 5. The van der Waals surface area contributed by atoms with Crippen molar-refractivity contribution in [2.75, 3.05) is 19.8 Å². The van der Waals surface area contributed by atoms with Gasteiger partial charge in [0.1, 0.15) is 12.9 Å². The van der Waals surface area contributed by atoms with Crippen LogP contribution < -0.4 is 4.74 Å². The zero-order chi connectivity index (χ0) is 18.9. The van der Waals surface area contributed by atoms with Gasteiger partial charge in [-0.2, -0.15) is 0 Å². The van der Waals surface area contributed by atoms with Crippen LogP contribution in [0.4, 0.5) is 0 Å². The fourth-order valence-corrected chi connectivity index (χ4v) is 2.63. The Bertz CT molecular complexity index is 918. The summed E-state index contributed by atoms with van der Waals surface area (Å²) >= 11 is 0. The van der Waals surface area contributed by atoms with Crippen molar-refractivity contribution in [3.05, 3.63) is 78.1 Å². The van der Waals surface area contributed by atoms with E-state index in [1.165, 1.54) is 6.33 Å². The van der Waals surface area contributed by atoms with Crippen molar-refractivity contribution >= 4 is 16.7 Å². The van der Waals surface area contributed by atoms with E-state index in [9.17, 15) is 4.79 Å². The van der Waals surface area contributed by atoms with Gasteiger partial charge < -0.3 is 9.47 Å². The average Bonchev–Trinajstić information content (AvgIpc) is 2.72. The van der Waals surface area contributed by atoms with E-state index in [2.05, 4.69) is 16.0 Å². The topological polar surface area (TPSA) is 61.3 Å². The quantitative estimate of drug-likeness (QED) is 0.324. The highest BCUT2D eigenvalue weighted by Crippen LogP contribution is 2.20. The van der Waals surface area contributed by atoms with Crippen molar-refractivity contribution < 1.29 is 14.3 Å². The molecule has 27 heavy (non-hydrogen) atoms. The molecule has 0 saturated heterocycles. The van der Waals surface area contributed by atoms with Gasteiger partial charge >= 0.3 is 0 Å². The van der Waals surface area contributed by atoms with Crippen LogP contribution in [0.25, 0.3) is 10.9 Å². The molecule has 5 heteroatoms. The van der Waals surface area contributed by atoms with Crippen LogP contribution in [0.3, 0.4) is 0 Å². The van der Waals surface area contributed by atoms with Crippen LogP contribution in [-0.4, -0.2) is 35.6 Å². The van der Waals surface area contributed by atoms with E-state index in [-0.39, 0.29) is 12.4 Å². The normalized spacial score (nSPS) is 11.5. The molecule has 5 nitrogen and oxygen atoms in total. The first kappa shape index (κ1) is 18.7. The lowest BCUT2D eigenvalue weighted by Crippen LogP contribution is -2.10. The number of ether oxygens (including phenoxy) is 2. The number of fused-ring (bicyclic) bond motifs is 1. The molecule has 0 amide bonds. The molecule has 138 valence electrons. The smallest absolute Gasteiger partial charge is 0.224 e. The molecule has 0 radical (unpaired) electrons. The summed E-state index contributed by atoms with van der Waals surface area (Å²) in [6.07, 6.45) is 4.30. The lowest BCUT2D eigenvalue weighted by atomic mass is 10.1. The van der Waals surface area contributed by atoms with E-state index < -0.39 is 0 Å². The summed E-state index contributed by atoms with van der Waals surface area (Å²) in [5, 5.41) is 0.906. The number of carbonyl (C=O) groups excluding carboxylic acids is 1. The monoisotopic (exact) mass is 362 g/mol. The second-order valence-electron chi connectivity index (χ2n) is 6.17. The molecular formula is C22H22N2O3. The summed E-state index contributed by atoms with van der Waals surface area (Å²) in [7, 11) is 0. The molecule has 0 aliphatic heterocycles. The minimum absolute atomic E-state index is 0.0117. The van der Waals surface area contributed by atoms with Gasteiger partial charge in [-0.1, -0.05) is 54.1 Å². The Morgan fingerprint density at radius 1 is 1.00 bits per heavy atom. The number of nitrogens with zero attached hydrogens (tertiary/aromatic N) is 2.